The highest BCUT2D eigenvalue weighted by Crippen LogP contribution is 1.93. The summed E-state index contributed by atoms with van der Waals surface area (Å²) in [4.78, 5) is 21.8. The number of nitrogens with zero attached hydrogens (tertiary/aromatic N) is 2. The number of aromatic carboxylic acids is 1. The molecule has 0 fully saturated rings. The first kappa shape index (κ1) is 11.0. The molecule has 0 spiro atoms. The normalized spacial score (nSPS) is 9.53. The van der Waals surface area contributed by atoms with E-state index in [1.54, 1.807) is 0 Å². The average Bonchev–Trinajstić information content (AvgIpc) is 2.20. The molecule has 0 unspecified atom stereocenters. The van der Waals surface area contributed by atoms with E-state index in [0.29, 0.717) is 19.4 Å². The number of rotatable bonds is 4. The average molecular weight is 206 g/mol. The minimum Gasteiger partial charge on any atom is -0.476 e. The predicted octanol–water partition coefficient (Wildman–Crippen LogP) is 0.355. The number of unbranched alkanes of at least 4 members (excludes halogenated alkanes) is 1. The summed E-state index contributed by atoms with van der Waals surface area (Å²) < 4.78 is 1.11. The molecule has 0 aromatic carbocycles. The van der Waals surface area contributed by atoms with Crippen molar-refractivity contribution in [1.82, 2.24) is 9.78 Å². The summed E-state index contributed by atoms with van der Waals surface area (Å²) in [5, 5.41) is 12.3. The van der Waals surface area contributed by atoms with Crippen molar-refractivity contribution in [3.8, 4) is 12.3 Å². The van der Waals surface area contributed by atoms with E-state index in [-0.39, 0.29) is 11.3 Å². The fraction of sp³-hybridized carbons (Fsp3) is 0.300. The highest BCUT2D eigenvalue weighted by atomic mass is 16.4. The molecule has 0 aliphatic rings. The van der Waals surface area contributed by atoms with Crippen molar-refractivity contribution < 1.29 is 9.90 Å². The Hall–Kier alpha value is -2.09. The number of hydrogen-bond acceptors (Lipinski definition) is 3. The Kier molecular flexibility index (Phi) is 3.63. The zero-order chi connectivity index (χ0) is 11.3. The van der Waals surface area contributed by atoms with Gasteiger partial charge in [0, 0.05) is 19.0 Å². The van der Waals surface area contributed by atoms with Gasteiger partial charge in [0.25, 0.3) is 5.56 Å². The summed E-state index contributed by atoms with van der Waals surface area (Å²) in [6.07, 6.45) is 6.19. The zero-order valence-corrected chi connectivity index (χ0v) is 8.01. The zero-order valence-electron chi connectivity index (χ0n) is 8.01. The van der Waals surface area contributed by atoms with E-state index in [1.807, 2.05) is 0 Å². The second-order valence-electron chi connectivity index (χ2n) is 2.89. The van der Waals surface area contributed by atoms with Gasteiger partial charge >= 0.3 is 5.97 Å². The van der Waals surface area contributed by atoms with E-state index in [9.17, 15) is 9.59 Å². The molecule has 5 nitrogen and oxygen atoms in total. The van der Waals surface area contributed by atoms with E-state index < -0.39 is 5.97 Å². The second kappa shape index (κ2) is 4.96. The molecular formula is C10H10N2O3. The predicted molar refractivity (Wildman–Crippen MR) is 53.5 cm³/mol. The molecule has 78 valence electrons. The summed E-state index contributed by atoms with van der Waals surface area (Å²) in [5.74, 6) is 1.28. The lowest BCUT2D eigenvalue weighted by molar-refractivity contribution is 0.0687. The van der Waals surface area contributed by atoms with Crippen molar-refractivity contribution in [2.24, 2.45) is 0 Å². The molecule has 1 aromatic rings. The van der Waals surface area contributed by atoms with Crippen LogP contribution < -0.4 is 5.56 Å². The number of aromatic nitrogens is 2. The molecule has 0 aliphatic carbocycles. The molecule has 15 heavy (non-hydrogen) atoms. The number of terminal acetylenes is 1. The maximum atomic E-state index is 11.2. The van der Waals surface area contributed by atoms with Crippen LogP contribution in [0, 0.1) is 12.3 Å². The Balaban J connectivity index is 2.87. The molecule has 1 aromatic heterocycles. The topological polar surface area (TPSA) is 72.2 Å². The summed E-state index contributed by atoms with van der Waals surface area (Å²) in [6, 6.07) is 2.37. The Labute approximate surface area is 86.4 Å². The van der Waals surface area contributed by atoms with Crippen LogP contribution >= 0.6 is 0 Å². The van der Waals surface area contributed by atoms with Crippen molar-refractivity contribution in [2.75, 3.05) is 0 Å². The molecule has 0 bridgehead atoms. The summed E-state index contributed by atoms with van der Waals surface area (Å²) in [6.45, 7) is 0.337. The third-order valence-electron chi connectivity index (χ3n) is 1.78. The minimum absolute atomic E-state index is 0.143. The fourth-order valence-corrected chi connectivity index (χ4v) is 1.05. The van der Waals surface area contributed by atoms with Crippen LogP contribution in [0.2, 0.25) is 0 Å². The Bertz CT molecular complexity index is 456. The molecule has 1 rings (SSSR count). The first-order valence-corrected chi connectivity index (χ1v) is 4.40. The van der Waals surface area contributed by atoms with E-state index in [1.165, 1.54) is 12.1 Å². The van der Waals surface area contributed by atoms with Crippen molar-refractivity contribution in [3.05, 3.63) is 28.2 Å². The van der Waals surface area contributed by atoms with Gasteiger partial charge in [-0.2, -0.15) is 5.10 Å². The number of hydrogen-bond donors (Lipinski definition) is 1. The summed E-state index contributed by atoms with van der Waals surface area (Å²) >= 11 is 0. The first-order valence-electron chi connectivity index (χ1n) is 4.40. The van der Waals surface area contributed by atoms with Gasteiger partial charge in [-0.15, -0.1) is 12.3 Å². The largest absolute Gasteiger partial charge is 0.476 e. The van der Waals surface area contributed by atoms with Crippen LogP contribution in [0.25, 0.3) is 0 Å². The van der Waals surface area contributed by atoms with E-state index in [4.69, 9.17) is 11.5 Å². The van der Waals surface area contributed by atoms with Gasteiger partial charge in [-0.1, -0.05) is 0 Å². The Morgan fingerprint density at radius 1 is 1.60 bits per heavy atom. The van der Waals surface area contributed by atoms with Crippen LogP contribution in [-0.2, 0) is 6.54 Å². The van der Waals surface area contributed by atoms with Gasteiger partial charge in [-0.05, 0) is 12.5 Å². The van der Waals surface area contributed by atoms with Crippen molar-refractivity contribution in [3.63, 3.8) is 0 Å². The van der Waals surface area contributed by atoms with Crippen molar-refractivity contribution in [1.29, 1.82) is 0 Å². The summed E-state index contributed by atoms with van der Waals surface area (Å²) in [7, 11) is 0. The lowest BCUT2D eigenvalue weighted by Crippen LogP contribution is -2.24. The molecule has 0 amide bonds. The minimum atomic E-state index is -1.15. The molecule has 1 N–H and O–H groups in total. The lowest BCUT2D eigenvalue weighted by atomic mass is 10.3. The molecule has 0 saturated heterocycles. The van der Waals surface area contributed by atoms with Gasteiger partial charge < -0.3 is 5.11 Å². The van der Waals surface area contributed by atoms with Gasteiger partial charge in [0.1, 0.15) is 0 Å². The molecule has 5 heteroatoms. The molecule has 0 radical (unpaired) electrons. The molecule has 0 aliphatic heterocycles. The number of carbonyl (C=O) groups is 1. The quantitative estimate of drug-likeness (QED) is 0.570. The van der Waals surface area contributed by atoms with Gasteiger partial charge in [-0.25, -0.2) is 9.48 Å². The van der Waals surface area contributed by atoms with Gasteiger partial charge in [0.05, 0.1) is 0 Å². The van der Waals surface area contributed by atoms with Crippen LogP contribution in [0.15, 0.2) is 16.9 Å². The first-order chi connectivity index (χ1) is 7.15. The number of carboxylic acid groups (broad SMARTS) is 1. The third kappa shape index (κ3) is 2.95. The smallest absolute Gasteiger partial charge is 0.356 e. The summed E-state index contributed by atoms with van der Waals surface area (Å²) in [5.41, 5.74) is -0.465. The third-order valence-corrected chi connectivity index (χ3v) is 1.78. The standard InChI is InChI=1S/C10H10N2O3/c1-2-3-4-7-12-9(13)6-5-8(11-12)10(14)15/h1,5-6H,3-4,7H2,(H,14,15). The second-order valence-corrected chi connectivity index (χ2v) is 2.89. The monoisotopic (exact) mass is 206 g/mol. The van der Waals surface area contributed by atoms with Gasteiger partial charge in [0.15, 0.2) is 5.69 Å². The fourth-order valence-electron chi connectivity index (χ4n) is 1.05. The Morgan fingerprint density at radius 2 is 2.33 bits per heavy atom. The van der Waals surface area contributed by atoms with E-state index in [2.05, 4.69) is 11.0 Å². The van der Waals surface area contributed by atoms with Gasteiger partial charge in [-0.3, -0.25) is 4.79 Å². The molecular weight excluding hydrogens is 196 g/mol. The molecule has 0 atom stereocenters. The van der Waals surface area contributed by atoms with Crippen LogP contribution in [0.3, 0.4) is 0 Å². The van der Waals surface area contributed by atoms with Crippen LogP contribution in [0.1, 0.15) is 23.3 Å². The van der Waals surface area contributed by atoms with E-state index >= 15 is 0 Å². The molecule has 1 heterocycles. The van der Waals surface area contributed by atoms with Crippen LogP contribution in [0.4, 0.5) is 0 Å². The Morgan fingerprint density at radius 3 is 2.93 bits per heavy atom. The number of aryl methyl sites for hydroxylation is 1. The maximum Gasteiger partial charge on any atom is 0.356 e. The van der Waals surface area contributed by atoms with Crippen molar-refractivity contribution >= 4 is 5.97 Å². The maximum absolute atomic E-state index is 11.2. The molecule has 0 saturated carbocycles. The van der Waals surface area contributed by atoms with E-state index in [0.717, 1.165) is 4.68 Å². The highest BCUT2D eigenvalue weighted by molar-refractivity contribution is 5.84. The SMILES string of the molecule is C#CCCCn1nc(C(=O)O)ccc1=O. The van der Waals surface area contributed by atoms with Crippen LogP contribution in [0.5, 0.6) is 0 Å². The lowest BCUT2D eigenvalue weighted by Gasteiger charge is -2.02. The number of carboxylic acids is 1. The van der Waals surface area contributed by atoms with Crippen LogP contribution in [-0.4, -0.2) is 20.9 Å². The van der Waals surface area contributed by atoms with Gasteiger partial charge in [0.2, 0.25) is 0 Å². The highest BCUT2D eigenvalue weighted by Gasteiger charge is 2.06. The van der Waals surface area contributed by atoms with Crippen molar-refractivity contribution in [2.45, 2.75) is 19.4 Å².